The molecule has 41 heavy (non-hydrogen) atoms. The zero-order chi connectivity index (χ0) is 30.5. The Kier molecular flexibility index (Phi) is 9.78. The highest BCUT2D eigenvalue weighted by atomic mass is 19.4. The Labute approximate surface area is 227 Å². The Morgan fingerprint density at radius 2 is 1.76 bits per heavy atom. The van der Waals surface area contributed by atoms with Gasteiger partial charge in [-0.25, -0.2) is 37.0 Å². The zero-order valence-electron chi connectivity index (χ0n) is 21.3. The van der Waals surface area contributed by atoms with Crippen molar-refractivity contribution in [2.24, 2.45) is 0 Å². The molecular weight excluding hydrogens is 568 g/mol. The Balaban J connectivity index is 1.73. The monoisotopic (exact) mass is 590 g/mol. The van der Waals surface area contributed by atoms with Gasteiger partial charge in [-0.15, -0.1) is 0 Å². The van der Waals surface area contributed by atoms with Crippen LogP contribution in [0.15, 0.2) is 35.7 Å². The summed E-state index contributed by atoms with van der Waals surface area (Å²) in [5, 5.41) is 7.45. The highest BCUT2D eigenvalue weighted by molar-refractivity contribution is 5.84. The van der Waals surface area contributed by atoms with Crippen LogP contribution in [0.3, 0.4) is 0 Å². The lowest BCUT2D eigenvalue weighted by molar-refractivity contribution is -0.138. The van der Waals surface area contributed by atoms with Gasteiger partial charge in [0.25, 0.3) is 12.0 Å². The molecule has 0 aliphatic carbocycles. The number of nitrogens with zero attached hydrogens (tertiary/aromatic N) is 4. The summed E-state index contributed by atoms with van der Waals surface area (Å²) < 4.78 is 109. The number of rotatable bonds is 11. The van der Waals surface area contributed by atoms with Crippen LogP contribution in [0, 0.1) is 11.6 Å². The summed E-state index contributed by atoms with van der Waals surface area (Å²) >= 11 is 0. The quantitative estimate of drug-likeness (QED) is 0.228. The molecule has 8 nitrogen and oxygen atoms in total. The predicted octanol–water partition coefficient (Wildman–Crippen LogP) is 5.41. The van der Waals surface area contributed by atoms with Gasteiger partial charge in [0, 0.05) is 38.4 Å². The van der Waals surface area contributed by atoms with Crippen LogP contribution in [0.25, 0.3) is 17.5 Å². The lowest BCUT2D eigenvalue weighted by Crippen LogP contribution is -2.30. The van der Waals surface area contributed by atoms with E-state index >= 15 is 0 Å². The number of alkyl halides is 6. The fraction of sp³-hybridized carbons (Fsp3) is 0.320. The molecule has 0 saturated heterocycles. The van der Waals surface area contributed by atoms with Crippen molar-refractivity contribution >= 4 is 18.0 Å². The Morgan fingerprint density at radius 3 is 2.34 bits per heavy atom. The predicted molar refractivity (Wildman–Crippen MR) is 132 cm³/mol. The van der Waals surface area contributed by atoms with Gasteiger partial charge in [0.15, 0.2) is 23.7 Å². The third-order valence-electron chi connectivity index (χ3n) is 5.70. The van der Waals surface area contributed by atoms with Crippen molar-refractivity contribution in [2.75, 3.05) is 18.9 Å². The molecule has 220 valence electrons. The molecule has 0 bridgehead atoms. The molecule has 0 saturated carbocycles. The number of carbonyl (C=O) groups is 1. The summed E-state index contributed by atoms with van der Waals surface area (Å²) in [6.07, 6.45) is -5.01. The molecule has 0 amide bonds. The number of aromatic amines is 1. The van der Waals surface area contributed by atoms with E-state index < -0.39 is 75.8 Å². The van der Waals surface area contributed by atoms with Crippen LogP contribution >= 0.6 is 0 Å². The summed E-state index contributed by atoms with van der Waals surface area (Å²) in [7, 11) is 1.41. The molecule has 16 heteroatoms. The van der Waals surface area contributed by atoms with Crippen LogP contribution in [0.2, 0.25) is 0 Å². The van der Waals surface area contributed by atoms with E-state index in [0.29, 0.717) is 0 Å². The lowest BCUT2D eigenvalue weighted by atomic mass is 10.0. The fourth-order valence-corrected chi connectivity index (χ4v) is 3.82. The van der Waals surface area contributed by atoms with E-state index in [1.807, 2.05) is 0 Å². The molecule has 2 atom stereocenters. The summed E-state index contributed by atoms with van der Waals surface area (Å²) in [5.74, 6) is -3.42. The number of nitrogens with one attached hydrogen (secondary N) is 2. The average Bonchev–Trinajstić information content (AvgIpc) is 2.88. The van der Waals surface area contributed by atoms with Crippen LogP contribution in [-0.2, 0) is 6.18 Å². The van der Waals surface area contributed by atoms with Crippen LogP contribution in [-0.4, -0.2) is 57.2 Å². The van der Waals surface area contributed by atoms with Crippen molar-refractivity contribution in [2.45, 2.75) is 38.2 Å². The maximum atomic E-state index is 14.7. The normalized spacial score (nSPS) is 13.4. The summed E-state index contributed by atoms with van der Waals surface area (Å²) in [6.45, 7) is 1.10. The van der Waals surface area contributed by atoms with E-state index in [4.69, 9.17) is 0 Å². The number of anilines is 1. The molecule has 3 rings (SSSR count). The van der Waals surface area contributed by atoms with Crippen molar-refractivity contribution in [1.82, 2.24) is 25.1 Å². The molecule has 0 aliphatic heterocycles. The van der Waals surface area contributed by atoms with Gasteiger partial charge in [-0.05, 0) is 30.8 Å². The lowest BCUT2D eigenvalue weighted by Gasteiger charge is -2.22. The van der Waals surface area contributed by atoms with Crippen molar-refractivity contribution < 1.29 is 39.9 Å². The molecule has 2 aromatic heterocycles. The number of benzene rings is 1. The first kappa shape index (κ1) is 31.2. The molecular formula is C25H22F8N6O2. The van der Waals surface area contributed by atoms with E-state index in [9.17, 15) is 44.7 Å². The topological polar surface area (TPSA) is 104 Å². The van der Waals surface area contributed by atoms with Gasteiger partial charge in [0.2, 0.25) is 0 Å². The standard InChI is InChI=1S/C25H22F8N6O2/c1-12(37-18-9-36-38-24(41)19(18)25(31,32)33)5-15(26)10-39(2)4-3-13-6-16(20(27)21(28)17(13)11-40)23-34-7-14(8-35-23)22(29)30/h3-4,6-9,11-12,15,22H,5,10H2,1-2H3,(H2,37,38,41)/b4-3-. The molecule has 2 heterocycles. The van der Waals surface area contributed by atoms with Crippen LogP contribution in [0.4, 0.5) is 40.8 Å². The maximum Gasteiger partial charge on any atom is 0.423 e. The smallest absolute Gasteiger partial charge is 0.381 e. The minimum Gasteiger partial charge on any atom is -0.381 e. The van der Waals surface area contributed by atoms with Gasteiger partial charge >= 0.3 is 6.18 Å². The summed E-state index contributed by atoms with van der Waals surface area (Å²) in [6, 6.07) is 0.162. The van der Waals surface area contributed by atoms with Crippen LogP contribution in [0.5, 0.6) is 0 Å². The highest BCUT2D eigenvalue weighted by Crippen LogP contribution is 2.32. The second-order valence-corrected chi connectivity index (χ2v) is 8.93. The number of hydrogen-bond acceptors (Lipinski definition) is 7. The fourth-order valence-electron chi connectivity index (χ4n) is 3.82. The first-order chi connectivity index (χ1) is 19.2. The Bertz CT molecular complexity index is 1460. The first-order valence-corrected chi connectivity index (χ1v) is 11.7. The van der Waals surface area contributed by atoms with E-state index in [-0.39, 0.29) is 24.8 Å². The number of carbonyl (C=O) groups excluding carboxylic acids is 1. The molecule has 3 aromatic rings. The molecule has 0 aliphatic rings. The SMILES string of the molecule is CC(CC(F)CN(C)/C=C\c1cc(-c2ncc(C(F)F)cn2)c(F)c(F)c1C=O)Nc1cn[nH]c(=O)c1C(F)(F)F. The second kappa shape index (κ2) is 12.9. The van der Waals surface area contributed by atoms with Crippen molar-refractivity contribution in [3.63, 3.8) is 0 Å². The third kappa shape index (κ3) is 7.64. The van der Waals surface area contributed by atoms with Gasteiger partial charge in [-0.1, -0.05) is 0 Å². The summed E-state index contributed by atoms with van der Waals surface area (Å²) in [4.78, 5) is 31.6. The maximum absolute atomic E-state index is 14.7. The molecule has 0 fully saturated rings. The third-order valence-corrected chi connectivity index (χ3v) is 5.70. The number of hydrogen-bond donors (Lipinski definition) is 2. The molecule has 2 unspecified atom stereocenters. The van der Waals surface area contributed by atoms with Gasteiger partial charge in [-0.2, -0.15) is 18.3 Å². The van der Waals surface area contributed by atoms with E-state index in [0.717, 1.165) is 24.7 Å². The Morgan fingerprint density at radius 1 is 1.10 bits per heavy atom. The molecule has 0 spiro atoms. The van der Waals surface area contributed by atoms with Crippen LogP contribution < -0.4 is 10.9 Å². The first-order valence-electron chi connectivity index (χ1n) is 11.7. The zero-order valence-corrected chi connectivity index (χ0v) is 21.3. The summed E-state index contributed by atoms with van der Waals surface area (Å²) in [5.41, 5.74) is -5.42. The average molecular weight is 590 g/mol. The van der Waals surface area contributed by atoms with Crippen molar-refractivity contribution in [3.05, 3.63) is 75.1 Å². The highest BCUT2D eigenvalue weighted by Gasteiger charge is 2.37. The number of aromatic nitrogens is 4. The van der Waals surface area contributed by atoms with E-state index in [1.165, 1.54) is 31.1 Å². The van der Waals surface area contributed by atoms with Gasteiger partial charge in [0.05, 0.1) is 28.6 Å². The van der Waals surface area contributed by atoms with Crippen LogP contribution in [0.1, 0.15) is 46.8 Å². The molecule has 1 aromatic carbocycles. The minimum atomic E-state index is -4.97. The largest absolute Gasteiger partial charge is 0.423 e. The number of H-pyrrole nitrogens is 1. The minimum absolute atomic E-state index is 0.0621. The van der Waals surface area contributed by atoms with E-state index in [1.54, 1.807) is 5.10 Å². The van der Waals surface area contributed by atoms with Gasteiger partial charge < -0.3 is 10.2 Å². The number of halogens is 8. The molecule has 0 radical (unpaired) electrons. The van der Waals surface area contributed by atoms with E-state index in [2.05, 4.69) is 20.4 Å². The number of aldehydes is 1. The van der Waals surface area contributed by atoms with Gasteiger partial charge in [-0.3, -0.25) is 9.59 Å². The second-order valence-electron chi connectivity index (χ2n) is 8.93. The Hall–Kier alpha value is -4.37. The van der Waals surface area contributed by atoms with Crippen molar-refractivity contribution in [3.8, 4) is 11.4 Å². The van der Waals surface area contributed by atoms with Crippen molar-refractivity contribution in [1.29, 1.82) is 0 Å². The molecule has 2 N–H and O–H groups in total. The van der Waals surface area contributed by atoms with Gasteiger partial charge in [0.1, 0.15) is 11.7 Å².